The van der Waals surface area contributed by atoms with Gasteiger partial charge < -0.3 is 10.2 Å². The molecule has 19 heavy (non-hydrogen) atoms. The highest BCUT2D eigenvalue weighted by atomic mass is 32.2. The largest absolute Gasteiger partial charge is 0.313 e. The highest BCUT2D eigenvalue weighted by Crippen LogP contribution is 2.28. The predicted molar refractivity (Wildman–Crippen MR) is 77.7 cm³/mol. The molecule has 6 heteroatoms. The molecule has 2 heterocycles. The maximum atomic E-state index is 11.4. The molecule has 0 aliphatic carbocycles. The Kier molecular flexibility index (Phi) is 4.55. The lowest BCUT2D eigenvalue weighted by Gasteiger charge is -2.33. The van der Waals surface area contributed by atoms with Crippen LogP contribution in [0.4, 0.5) is 0 Å². The summed E-state index contributed by atoms with van der Waals surface area (Å²) in [6.07, 6.45) is 4.41. The van der Waals surface area contributed by atoms with Crippen molar-refractivity contribution in [1.29, 1.82) is 0 Å². The summed E-state index contributed by atoms with van der Waals surface area (Å²) in [5, 5.41) is 3.65. The van der Waals surface area contributed by atoms with E-state index in [2.05, 4.69) is 24.2 Å². The average Bonchev–Trinajstić information content (AvgIpc) is 2.67. The fourth-order valence-electron chi connectivity index (χ4n) is 3.20. The summed E-state index contributed by atoms with van der Waals surface area (Å²) < 4.78 is 24.5. The van der Waals surface area contributed by atoms with Crippen molar-refractivity contribution in [2.24, 2.45) is 5.41 Å². The molecular formula is C13H27N3O2S. The summed E-state index contributed by atoms with van der Waals surface area (Å²) >= 11 is 0. The number of sulfonamides is 1. The highest BCUT2D eigenvalue weighted by Gasteiger charge is 2.33. The summed E-state index contributed by atoms with van der Waals surface area (Å²) in [7, 11) is -0.824. The average molecular weight is 289 g/mol. The molecule has 2 saturated heterocycles. The number of nitrogens with zero attached hydrogens (tertiary/aromatic N) is 2. The topological polar surface area (TPSA) is 52.6 Å². The van der Waals surface area contributed by atoms with Crippen LogP contribution in [0.25, 0.3) is 0 Å². The second-order valence-corrected chi connectivity index (χ2v) is 8.60. The van der Waals surface area contributed by atoms with Gasteiger partial charge in [0.15, 0.2) is 0 Å². The molecule has 1 atom stereocenters. The summed E-state index contributed by atoms with van der Waals surface area (Å²) in [4.78, 5) is 2.38. The Hall–Kier alpha value is -0.170. The first-order valence-electron chi connectivity index (χ1n) is 7.16. The Morgan fingerprint density at radius 2 is 1.89 bits per heavy atom. The number of nitrogens with one attached hydrogen (secondary N) is 1. The first-order chi connectivity index (χ1) is 8.78. The molecule has 112 valence electrons. The smallest absolute Gasteiger partial charge is 0.211 e. The van der Waals surface area contributed by atoms with Crippen LogP contribution in [0.1, 0.15) is 26.2 Å². The maximum absolute atomic E-state index is 11.4. The molecule has 0 unspecified atom stereocenters. The Morgan fingerprint density at radius 1 is 1.26 bits per heavy atom. The van der Waals surface area contributed by atoms with E-state index in [9.17, 15) is 8.42 Å². The van der Waals surface area contributed by atoms with Gasteiger partial charge in [-0.25, -0.2) is 12.7 Å². The first kappa shape index (κ1) is 15.2. The molecule has 2 fully saturated rings. The lowest BCUT2D eigenvalue weighted by molar-refractivity contribution is 0.243. The second-order valence-electron chi connectivity index (χ2n) is 6.62. The zero-order valence-electron chi connectivity index (χ0n) is 12.4. The molecule has 0 radical (unpaired) electrons. The van der Waals surface area contributed by atoms with Crippen molar-refractivity contribution in [3.8, 4) is 0 Å². The SMILES string of the molecule is CN1CC[C@@](C)(CNC2CCN(S(C)(=O)=O)CC2)C1. The van der Waals surface area contributed by atoms with Crippen LogP contribution < -0.4 is 5.32 Å². The third-order valence-corrected chi connectivity index (χ3v) is 5.79. The van der Waals surface area contributed by atoms with Crippen molar-refractivity contribution in [2.45, 2.75) is 32.2 Å². The van der Waals surface area contributed by atoms with Crippen molar-refractivity contribution in [2.75, 3.05) is 46.0 Å². The number of hydrogen-bond donors (Lipinski definition) is 1. The van der Waals surface area contributed by atoms with E-state index in [1.54, 1.807) is 4.31 Å². The maximum Gasteiger partial charge on any atom is 0.211 e. The summed E-state index contributed by atoms with van der Waals surface area (Å²) in [6.45, 7) is 7.04. The number of piperidine rings is 1. The highest BCUT2D eigenvalue weighted by molar-refractivity contribution is 7.88. The van der Waals surface area contributed by atoms with Crippen LogP contribution >= 0.6 is 0 Å². The van der Waals surface area contributed by atoms with Crippen LogP contribution in [0.15, 0.2) is 0 Å². The molecule has 0 aromatic heterocycles. The Labute approximate surface area is 117 Å². The van der Waals surface area contributed by atoms with E-state index in [4.69, 9.17) is 0 Å². The molecule has 0 bridgehead atoms. The zero-order chi connectivity index (χ0) is 14.1. The molecule has 2 aliphatic heterocycles. The summed E-state index contributed by atoms with van der Waals surface area (Å²) in [5.41, 5.74) is 0.378. The van der Waals surface area contributed by atoms with Gasteiger partial charge in [0.25, 0.3) is 0 Å². The standard InChI is InChI=1S/C13H27N3O2S/c1-13(6-9-15(2)11-13)10-14-12-4-7-16(8-5-12)19(3,17)18/h12,14H,4-11H2,1-3H3/t13-/m0/s1. The fourth-order valence-corrected chi connectivity index (χ4v) is 4.07. The van der Waals surface area contributed by atoms with Crippen molar-refractivity contribution < 1.29 is 8.42 Å². The van der Waals surface area contributed by atoms with Crippen LogP contribution in [0.5, 0.6) is 0 Å². The van der Waals surface area contributed by atoms with Crippen LogP contribution in [0.2, 0.25) is 0 Å². The molecular weight excluding hydrogens is 262 g/mol. The number of rotatable bonds is 4. The van der Waals surface area contributed by atoms with E-state index >= 15 is 0 Å². The van der Waals surface area contributed by atoms with Gasteiger partial charge >= 0.3 is 0 Å². The van der Waals surface area contributed by atoms with Crippen molar-refractivity contribution >= 4 is 10.0 Å². The zero-order valence-corrected chi connectivity index (χ0v) is 13.2. The van der Waals surface area contributed by atoms with E-state index in [0.717, 1.165) is 25.9 Å². The summed E-state index contributed by atoms with van der Waals surface area (Å²) in [5.74, 6) is 0. The minimum absolute atomic E-state index is 0.378. The molecule has 0 amide bonds. The van der Waals surface area contributed by atoms with Crippen LogP contribution in [-0.4, -0.2) is 69.7 Å². The van der Waals surface area contributed by atoms with Gasteiger partial charge in [0, 0.05) is 32.2 Å². The number of likely N-dealkylation sites (tertiary alicyclic amines) is 1. The van der Waals surface area contributed by atoms with E-state index in [1.807, 2.05) is 0 Å². The fraction of sp³-hybridized carbons (Fsp3) is 1.00. The van der Waals surface area contributed by atoms with E-state index < -0.39 is 10.0 Å². The molecule has 0 saturated carbocycles. The van der Waals surface area contributed by atoms with Crippen LogP contribution in [0, 0.1) is 5.41 Å². The van der Waals surface area contributed by atoms with Crippen LogP contribution in [0.3, 0.4) is 0 Å². The van der Waals surface area contributed by atoms with Gasteiger partial charge in [-0.1, -0.05) is 6.92 Å². The van der Waals surface area contributed by atoms with E-state index in [0.29, 0.717) is 24.5 Å². The Balaban J connectivity index is 1.74. The van der Waals surface area contributed by atoms with Crippen molar-refractivity contribution in [3.63, 3.8) is 0 Å². The van der Waals surface area contributed by atoms with Gasteiger partial charge in [-0.15, -0.1) is 0 Å². The number of hydrogen-bond acceptors (Lipinski definition) is 4. The first-order valence-corrected chi connectivity index (χ1v) is 9.00. The lowest BCUT2D eigenvalue weighted by atomic mass is 9.89. The minimum atomic E-state index is -3.00. The third-order valence-electron chi connectivity index (χ3n) is 4.49. The molecule has 0 aromatic carbocycles. The lowest BCUT2D eigenvalue weighted by Crippen LogP contribution is -2.47. The van der Waals surface area contributed by atoms with Crippen molar-refractivity contribution in [3.05, 3.63) is 0 Å². The Morgan fingerprint density at radius 3 is 2.37 bits per heavy atom. The van der Waals surface area contributed by atoms with Gasteiger partial charge in [-0.05, 0) is 38.3 Å². The minimum Gasteiger partial charge on any atom is -0.313 e. The summed E-state index contributed by atoms with van der Waals surface area (Å²) in [6, 6.07) is 0.473. The second kappa shape index (κ2) is 5.68. The van der Waals surface area contributed by atoms with Crippen LogP contribution in [-0.2, 0) is 10.0 Å². The van der Waals surface area contributed by atoms with E-state index in [1.165, 1.54) is 19.2 Å². The quantitative estimate of drug-likeness (QED) is 0.811. The molecule has 0 aromatic rings. The third kappa shape index (κ3) is 4.15. The molecule has 5 nitrogen and oxygen atoms in total. The molecule has 2 aliphatic rings. The van der Waals surface area contributed by atoms with Gasteiger partial charge in [-0.2, -0.15) is 0 Å². The van der Waals surface area contributed by atoms with E-state index in [-0.39, 0.29) is 0 Å². The van der Waals surface area contributed by atoms with Gasteiger partial charge in [0.05, 0.1) is 6.26 Å². The molecule has 1 N–H and O–H groups in total. The Bertz CT molecular complexity index is 404. The molecule has 0 spiro atoms. The molecule has 2 rings (SSSR count). The predicted octanol–water partition coefficient (Wildman–Crippen LogP) is 0.342. The van der Waals surface area contributed by atoms with Gasteiger partial charge in [0.1, 0.15) is 0 Å². The van der Waals surface area contributed by atoms with Crippen molar-refractivity contribution in [1.82, 2.24) is 14.5 Å². The van der Waals surface area contributed by atoms with Gasteiger partial charge in [-0.3, -0.25) is 0 Å². The monoisotopic (exact) mass is 289 g/mol. The van der Waals surface area contributed by atoms with Gasteiger partial charge in [0.2, 0.25) is 10.0 Å². The normalized spacial score (nSPS) is 31.9.